The van der Waals surface area contributed by atoms with Crippen LogP contribution in [-0.4, -0.2) is 38.3 Å². The van der Waals surface area contributed by atoms with Crippen LogP contribution in [0.4, 0.5) is 24.5 Å². The summed E-state index contributed by atoms with van der Waals surface area (Å²) in [5, 5.41) is 6.42. The van der Waals surface area contributed by atoms with Gasteiger partial charge in [-0.1, -0.05) is 23.7 Å². The minimum atomic E-state index is -4.51. The Labute approximate surface area is 184 Å². The molecule has 2 atom stereocenters. The molecule has 1 aliphatic heterocycles. The third-order valence-electron chi connectivity index (χ3n) is 5.18. The highest BCUT2D eigenvalue weighted by Gasteiger charge is 2.32. The van der Waals surface area contributed by atoms with Gasteiger partial charge >= 0.3 is 6.18 Å². The molecule has 2 aromatic carbocycles. The van der Waals surface area contributed by atoms with Gasteiger partial charge in [0.05, 0.1) is 36.2 Å². The molecule has 0 saturated carbocycles. The lowest BCUT2D eigenvalue weighted by atomic mass is 10.1. The van der Waals surface area contributed by atoms with Gasteiger partial charge in [0, 0.05) is 24.2 Å². The number of rotatable bonds is 6. The van der Waals surface area contributed by atoms with Crippen molar-refractivity contribution >= 4 is 28.9 Å². The van der Waals surface area contributed by atoms with Crippen LogP contribution in [0, 0.1) is 0 Å². The maximum absolute atomic E-state index is 13.3. The molecule has 31 heavy (non-hydrogen) atoms. The van der Waals surface area contributed by atoms with Crippen LogP contribution in [0.25, 0.3) is 0 Å². The van der Waals surface area contributed by atoms with Crippen LogP contribution in [0.2, 0.25) is 5.02 Å². The number of nitrogens with one attached hydrogen (secondary N) is 2. The van der Waals surface area contributed by atoms with Gasteiger partial charge in [-0.15, -0.1) is 0 Å². The molecule has 0 aliphatic carbocycles. The van der Waals surface area contributed by atoms with E-state index >= 15 is 0 Å². The summed E-state index contributed by atoms with van der Waals surface area (Å²) in [4.78, 5) is 14.7. The first-order chi connectivity index (χ1) is 14.6. The average molecular weight is 456 g/mol. The van der Waals surface area contributed by atoms with Crippen molar-refractivity contribution in [2.45, 2.75) is 32.1 Å². The highest BCUT2D eigenvalue weighted by molar-refractivity contribution is 6.30. The first-order valence-corrected chi connectivity index (χ1v) is 10.4. The molecule has 0 spiro atoms. The predicted molar refractivity (Wildman–Crippen MR) is 116 cm³/mol. The molecule has 1 amide bonds. The van der Waals surface area contributed by atoms with E-state index in [2.05, 4.69) is 10.6 Å². The fourth-order valence-electron chi connectivity index (χ4n) is 3.46. The third-order valence-corrected chi connectivity index (χ3v) is 5.41. The van der Waals surface area contributed by atoms with Crippen molar-refractivity contribution in [1.82, 2.24) is 5.32 Å². The lowest BCUT2D eigenvalue weighted by Crippen LogP contribution is -2.40. The third kappa shape index (κ3) is 6.12. The number of halogens is 4. The number of carbonyl (C=O) groups is 1. The quantitative estimate of drug-likeness (QED) is 0.652. The molecule has 168 valence electrons. The fraction of sp³-hybridized carbons (Fsp3) is 0.409. The summed E-state index contributed by atoms with van der Waals surface area (Å²) < 4.78 is 45.1. The summed E-state index contributed by atoms with van der Waals surface area (Å²) in [6, 6.07) is 9.84. The zero-order chi connectivity index (χ0) is 22.6. The van der Waals surface area contributed by atoms with Crippen LogP contribution >= 0.6 is 11.6 Å². The molecule has 2 aromatic rings. The van der Waals surface area contributed by atoms with Crippen molar-refractivity contribution < 1.29 is 22.7 Å². The van der Waals surface area contributed by atoms with Crippen LogP contribution in [0.3, 0.4) is 0 Å². The highest BCUT2D eigenvalue weighted by atomic mass is 35.5. The van der Waals surface area contributed by atoms with Gasteiger partial charge in [-0.25, -0.2) is 0 Å². The minimum Gasteiger partial charge on any atom is -0.378 e. The van der Waals surface area contributed by atoms with E-state index in [1.165, 1.54) is 6.07 Å². The molecule has 0 unspecified atom stereocenters. The molecule has 3 rings (SSSR count). The minimum absolute atomic E-state index is 0.130. The van der Waals surface area contributed by atoms with Crippen molar-refractivity contribution in [1.29, 1.82) is 0 Å². The highest BCUT2D eigenvalue weighted by Crippen LogP contribution is 2.36. The largest absolute Gasteiger partial charge is 0.416 e. The maximum atomic E-state index is 13.3. The predicted octanol–water partition coefficient (Wildman–Crippen LogP) is 4.87. The number of alkyl halides is 3. The molecule has 1 saturated heterocycles. The van der Waals surface area contributed by atoms with Crippen LogP contribution in [-0.2, 0) is 15.7 Å². The van der Waals surface area contributed by atoms with E-state index in [1.807, 2.05) is 24.0 Å². The Bertz CT molecular complexity index is 917. The summed E-state index contributed by atoms with van der Waals surface area (Å²) in [5.41, 5.74) is 0.762. The Balaban J connectivity index is 1.77. The summed E-state index contributed by atoms with van der Waals surface area (Å²) in [6.45, 7) is 5.58. The number of hydrogen-bond acceptors (Lipinski definition) is 4. The second kappa shape index (κ2) is 9.89. The molecule has 0 aromatic heterocycles. The summed E-state index contributed by atoms with van der Waals surface area (Å²) >= 11 is 6.03. The first kappa shape index (κ1) is 23.4. The Morgan fingerprint density at radius 2 is 1.84 bits per heavy atom. The van der Waals surface area contributed by atoms with E-state index in [0.717, 1.165) is 17.7 Å². The lowest BCUT2D eigenvalue weighted by Gasteiger charge is -2.31. The fourth-order valence-corrected chi connectivity index (χ4v) is 3.66. The number of ether oxygens (including phenoxy) is 1. The van der Waals surface area contributed by atoms with Crippen LogP contribution in [0.5, 0.6) is 0 Å². The molecule has 0 radical (unpaired) electrons. The summed E-state index contributed by atoms with van der Waals surface area (Å²) in [7, 11) is 0. The van der Waals surface area contributed by atoms with Crippen molar-refractivity contribution in [2.24, 2.45) is 0 Å². The van der Waals surface area contributed by atoms with Gasteiger partial charge in [-0.05, 0) is 49.7 Å². The van der Waals surface area contributed by atoms with E-state index in [0.29, 0.717) is 37.0 Å². The standard InChI is InChI=1S/C22H25ClF3N3O2/c1-14(16-4-3-5-18(23)12-16)27-15(2)21(30)28-19-13-17(22(24,25)26)6-7-20(19)29-8-10-31-11-9-29/h3-7,12-15,27H,8-11H2,1-2H3,(H,28,30)/t14-,15-/m0/s1. The molecule has 1 fully saturated rings. The molecular weight excluding hydrogens is 431 g/mol. The Morgan fingerprint density at radius 3 is 2.48 bits per heavy atom. The number of morpholine rings is 1. The summed E-state index contributed by atoms with van der Waals surface area (Å²) in [6.07, 6.45) is -4.51. The Kier molecular flexibility index (Phi) is 7.46. The van der Waals surface area contributed by atoms with Gasteiger partial charge in [0.1, 0.15) is 0 Å². The second-order valence-electron chi connectivity index (χ2n) is 7.48. The molecular formula is C22H25ClF3N3O2. The van der Waals surface area contributed by atoms with E-state index < -0.39 is 23.7 Å². The Morgan fingerprint density at radius 1 is 1.13 bits per heavy atom. The smallest absolute Gasteiger partial charge is 0.378 e. The molecule has 0 bridgehead atoms. The number of hydrogen-bond donors (Lipinski definition) is 2. The number of anilines is 2. The van der Waals surface area contributed by atoms with Gasteiger partial charge in [0.2, 0.25) is 5.91 Å². The SMILES string of the molecule is C[C@H](N[C@@H](C)c1cccc(Cl)c1)C(=O)Nc1cc(C(F)(F)F)ccc1N1CCOCC1. The van der Waals surface area contributed by atoms with Gasteiger partial charge in [0.15, 0.2) is 0 Å². The van der Waals surface area contributed by atoms with Crippen LogP contribution in [0.15, 0.2) is 42.5 Å². The number of carbonyl (C=O) groups excluding carboxylic acids is 1. The average Bonchev–Trinajstić information content (AvgIpc) is 2.73. The van der Waals surface area contributed by atoms with Crippen molar-refractivity contribution in [2.75, 3.05) is 36.5 Å². The first-order valence-electron chi connectivity index (χ1n) is 10.0. The van der Waals surface area contributed by atoms with E-state index in [-0.39, 0.29) is 11.7 Å². The van der Waals surface area contributed by atoms with Gasteiger partial charge in [-0.2, -0.15) is 13.2 Å². The monoisotopic (exact) mass is 455 g/mol. The van der Waals surface area contributed by atoms with Gasteiger partial charge in [0.25, 0.3) is 0 Å². The van der Waals surface area contributed by atoms with Crippen LogP contribution < -0.4 is 15.5 Å². The lowest BCUT2D eigenvalue weighted by molar-refractivity contribution is -0.137. The normalized spacial score (nSPS) is 16.6. The zero-order valence-electron chi connectivity index (χ0n) is 17.3. The Hall–Kier alpha value is -2.29. The molecule has 2 N–H and O–H groups in total. The number of nitrogens with zero attached hydrogens (tertiary/aromatic N) is 1. The molecule has 1 heterocycles. The molecule has 1 aliphatic rings. The van der Waals surface area contributed by atoms with Gasteiger partial charge in [-0.3, -0.25) is 10.1 Å². The molecule has 5 nitrogen and oxygen atoms in total. The zero-order valence-corrected chi connectivity index (χ0v) is 18.1. The number of benzene rings is 2. The van der Waals surface area contributed by atoms with Gasteiger partial charge < -0.3 is 15.0 Å². The second-order valence-corrected chi connectivity index (χ2v) is 7.92. The van der Waals surface area contributed by atoms with E-state index in [4.69, 9.17) is 16.3 Å². The summed E-state index contributed by atoms with van der Waals surface area (Å²) in [5.74, 6) is -0.428. The topological polar surface area (TPSA) is 53.6 Å². The van der Waals surface area contributed by atoms with Crippen molar-refractivity contribution in [3.8, 4) is 0 Å². The van der Waals surface area contributed by atoms with E-state index in [9.17, 15) is 18.0 Å². The van der Waals surface area contributed by atoms with Crippen LogP contribution in [0.1, 0.15) is 31.0 Å². The molecule has 9 heteroatoms. The van der Waals surface area contributed by atoms with E-state index in [1.54, 1.807) is 19.1 Å². The maximum Gasteiger partial charge on any atom is 0.416 e. The van der Waals surface area contributed by atoms with Crippen molar-refractivity contribution in [3.05, 3.63) is 58.6 Å². The van der Waals surface area contributed by atoms with Crippen molar-refractivity contribution in [3.63, 3.8) is 0 Å². The number of amides is 1.